The molecule has 5 atom stereocenters. The number of allylic oxidation sites excluding steroid dienone is 1. The Balaban J connectivity index is 2.13. The van der Waals surface area contributed by atoms with Crippen molar-refractivity contribution in [3.63, 3.8) is 0 Å². The predicted molar refractivity (Wildman–Crippen MR) is 113 cm³/mol. The summed E-state index contributed by atoms with van der Waals surface area (Å²) in [5.74, 6) is 1.91. The second kappa shape index (κ2) is 8.14. The Labute approximate surface area is 164 Å². The van der Waals surface area contributed by atoms with Gasteiger partial charge in [-0.3, -0.25) is 4.79 Å². The highest BCUT2D eigenvalue weighted by atomic mass is 32.2. The summed E-state index contributed by atoms with van der Waals surface area (Å²) in [6.45, 7) is 17.3. The third kappa shape index (κ3) is 4.78. The van der Waals surface area contributed by atoms with Crippen LogP contribution in [0.25, 0.3) is 0 Å². The average molecular weight is 382 g/mol. The molecule has 0 spiro atoms. The summed E-state index contributed by atoms with van der Waals surface area (Å²) in [5, 5.41) is 6.96. The zero-order valence-corrected chi connectivity index (χ0v) is 18.6. The molecule has 2 aliphatic carbocycles. The van der Waals surface area contributed by atoms with E-state index in [9.17, 15) is 4.79 Å². The topological polar surface area (TPSA) is 53.2 Å². The SMILES string of the molecule is C=C(NC(C)C)C1(C)CC2CC(C)C(NC(=O)C(C)(C)NSC)C(C2)C1. The highest BCUT2D eigenvalue weighted by Crippen LogP contribution is 2.52. The van der Waals surface area contributed by atoms with Crippen LogP contribution in [0.15, 0.2) is 12.3 Å². The summed E-state index contributed by atoms with van der Waals surface area (Å²) in [4.78, 5) is 12.9. The van der Waals surface area contributed by atoms with Gasteiger partial charge in [-0.15, -0.1) is 0 Å². The van der Waals surface area contributed by atoms with E-state index in [0.717, 1.165) is 12.3 Å². The Kier molecular flexibility index (Phi) is 6.76. The van der Waals surface area contributed by atoms with Crippen LogP contribution in [0.1, 0.15) is 67.2 Å². The molecule has 2 fully saturated rings. The van der Waals surface area contributed by atoms with Crippen molar-refractivity contribution in [3.8, 4) is 0 Å². The molecule has 0 aromatic carbocycles. The minimum Gasteiger partial charge on any atom is -0.386 e. The lowest BCUT2D eigenvalue weighted by atomic mass is 9.57. The molecule has 1 amide bonds. The number of rotatable bonds is 7. The predicted octanol–water partition coefficient (Wildman–Crippen LogP) is 4.09. The first-order chi connectivity index (χ1) is 12.0. The molecule has 0 aliphatic heterocycles. The van der Waals surface area contributed by atoms with Crippen LogP contribution in [0.4, 0.5) is 0 Å². The molecule has 5 unspecified atom stereocenters. The van der Waals surface area contributed by atoms with E-state index >= 15 is 0 Å². The maximum atomic E-state index is 12.9. The van der Waals surface area contributed by atoms with Crippen LogP contribution in [-0.4, -0.2) is 29.8 Å². The Bertz CT molecular complexity index is 531. The second-order valence-electron chi connectivity index (χ2n) is 9.75. The molecule has 4 nitrogen and oxygen atoms in total. The summed E-state index contributed by atoms with van der Waals surface area (Å²) in [5.41, 5.74) is 0.733. The fourth-order valence-corrected chi connectivity index (χ4v) is 5.75. The normalized spacial score (nSPS) is 34.5. The standard InChI is InChI=1S/C21H39N3OS/c1-13(2)22-15(4)21(7)11-16-9-14(3)18(17(10-16)12-21)23-19(25)20(5,6)24-26-8/h13-14,16-18,22,24H,4,9-12H2,1-3,5-8H3,(H,23,25). The number of amides is 1. The van der Waals surface area contributed by atoms with Crippen molar-refractivity contribution in [2.24, 2.45) is 23.2 Å². The van der Waals surface area contributed by atoms with Gasteiger partial charge < -0.3 is 10.6 Å². The van der Waals surface area contributed by atoms with Crippen LogP contribution < -0.4 is 15.4 Å². The lowest BCUT2D eigenvalue weighted by molar-refractivity contribution is -0.128. The summed E-state index contributed by atoms with van der Waals surface area (Å²) in [6, 6.07) is 0.669. The maximum Gasteiger partial charge on any atom is 0.240 e. The molecule has 2 aliphatic rings. The minimum atomic E-state index is -0.559. The van der Waals surface area contributed by atoms with E-state index < -0.39 is 5.54 Å². The quantitative estimate of drug-likeness (QED) is 0.581. The molecule has 0 aromatic rings. The molecule has 2 bridgehead atoms. The molecule has 0 aromatic heterocycles. The van der Waals surface area contributed by atoms with E-state index in [1.54, 1.807) is 0 Å². The molecule has 2 rings (SSSR count). The number of carbonyl (C=O) groups excluding carboxylic acids is 1. The number of nitrogens with one attached hydrogen (secondary N) is 3. The monoisotopic (exact) mass is 381 g/mol. The summed E-state index contributed by atoms with van der Waals surface area (Å²) >= 11 is 1.50. The van der Waals surface area contributed by atoms with Gasteiger partial charge in [0.05, 0.1) is 0 Å². The number of carbonyl (C=O) groups is 1. The van der Waals surface area contributed by atoms with Crippen LogP contribution in [0.2, 0.25) is 0 Å². The van der Waals surface area contributed by atoms with Gasteiger partial charge in [-0.1, -0.05) is 32.4 Å². The molecule has 26 heavy (non-hydrogen) atoms. The van der Waals surface area contributed by atoms with E-state index in [4.69, 9.17) is 0 Å². The Morgan fingerprint density at radius 1 is 1.27 bits per heavy atom. The lowest BCUT2D eigenvalue weighted by Gasteiger charge is -2.52. The number of hydrogen-bond donors (Lipinski definition) is 3. The van der Waals surface area contributed by atoms with Gasteiger partial charge in [0.25, 0.3) is 0 Å². The van der Waals surface area contributed by atoms with Crippen molar-refractivity contribution in [1.29, 1.82) is 0 Å². The van der Waals surface area contributed by atoms with Crippen molar-refractivity contribution in [2.75, 3.05) is 6.26 Å². The third-order valence-corrected chi connectivity index (χ3v) is 7.04. The molecular formula is C21H39N3OS. The zero-order valence-electron chi connectivity index (χ0n) is 17.7. The van der Waals surface area contributed by atoms with Crippen molar-refractivity contribution >= 4 is 17.9 Å². The Hall–Kier alpha value is -0.680. The second-order valence-corrected chi connectivity index (χ2v) is 10.4. The first-order valence-corrected chi connectivity index (χ1v) is 11.3. The zero-order chi connectivity index (χ0) is 19.7. The summed E-state index contributed by atoms with van der Waals surface area (Å²) in [7, 11) is 0. The summed E-state index contributed by atoms with van der Waals surface area (Å²) in [6.07, 6.45) is 6.71. The van der Waals surface area contributed by atoms with Gasteiger partial charge in [0.1, 0.15) is 5.54 Å². The molecule has 0 radical (unpaired) electrons. The van der Waals surface area contributed by atoms with Crippen molar-refractivity contribution in [1.82, 2.24) is 15.4 Å². The number of hydrogen-bond acceptors (Lipinski definition) is 4. The largest absolute Gasteiger partial charge is 0.386 e. The molecule has 150 valence electrons. The molecule has 2 saturated carbocycles. The van der Waals surface area contributed by atoms with Crippen molar-refractivity contribution in [3.05, 3.63) is 12.3 Å². The van der Waals surface area contributed by atoms with Gasteiger partial charge in [-0.2, -0.15) is 0 Å². The van der Waals surface area contributed by atoms with Gasteiger partial charge in [-0.05, 0) is 77.4 Å². The lowest BCUT2D eigenvalue weighted by Crippen LogP contribution is -2.59. The first-order valence-electron chi connectivity index (χ1n) is 10.1. The van der Waals surface area contributed by atoms with Crippen molar-refractivity contribution < 1.29 is 4.79 Å². The highest BCUT2D eigenvalue weighted by Gasteiger charge is 2.47. The van der Waals surface area contributed by atoms with E-state index in [0.29, 0.717) is 17.9 Å². The van der Waals surface area contributed by atoms with Gasteiger partial charge in [-0.25, -0.2) is 4.72 Å². The number of fused-ring (bicyclic) bond motifs is 2. The Morgan fingerprint density at radius 3 is 2.50 bits per heavy atom. The van der Waals surface area contributed by atoms with E-state index in [2.05, 4.69) is 49.6 Å². The van der Waals surface area contributed by atoms with E-state index in [1.807, 2.05) is 20.1 Å². The van der Waals surface area contributed by atoms with Crippen LogP contribution in [0.5, 0.6) is 0 Å². The van der Waals surface area contributed by atoms with E-state index in [1.165, 1.54) is 36.9 Å². The fraction of sp³-hybridized carbons (Fsp3) is 0.857. The Morgan fingerprint density at radius 2 is 1.92 bits per heavy atom. The molecule has 0 heterocycles. The van der Waals surface area contributed by atoms with Gasteiger partial charge in [0.2, 0.25) is 5.91 Å². The molecule has 3 N–H and O–H groups in total. The van der Waals surface area contributed by atoms with E-state index in [-0.39, 0.29) is 17.4 Å². The third-order valence-electron chi connectivity index (χ3n) is 6.33. The molecular weight excluding hydrogens is 342 g/mol. The smallest absolute Gasteiger partial charge is 0.240 e. The van der Waals surface area contributed by atoms with Crippen LogP contribution in [0, 0.1) is 23.2 Å². The minimum absolute atomic E-state index is 0.105. The fourth-order valence-electron chi connectivity index (χ4n) is 5.15. The molecule has 0 saturated heterocycles. The summed E-state index contributed by atoms with van der Waals surface area (Å²) < 4.78 is 3.22. The van der Waals surface area contributed by atoms with Crippen LogP contribution in [-0.2, 0) is 4.79 Å². The van der Waals surface area contributed by atoms with Crippen molar-refractivity contribution in [2.45, 2.75) is 84.8 Å². The van der Waals surface area contributed by atoms with Gasteiger partial charge >= 0.3 is 0 Å². The highest BCUT2D eigenvalue weighted by molar-refractivity contribution is 7.96. The molecule has 5 heteroatoms. The van der Waals surface area contributed by atoms with Gasteiger partial charge in [0.15, 0.2) is 0 Å². The first kappa shape index (κ1) is 21.6. The average Bonchev–Trinajstić information content (AvgIpc) is 2.49. The maximum absolute atomic E-state index is 12.9. The van der Waals surface area contributed by atoms with Crippen LogP contribution in [0.3, 0.4) is 0 Å². The van der Waals surface area contributed by atoms with Crippen LogP contribution >= 0.6 is 11.9 Å². The van der Waals surface area contributed by atoms with Gasteiger partial charge in [0, 0.05) is 23.2 Å².